The number of aromatic nitrogens is 2. The number of nitrogens with one attached hydrogen (secondary N) is 1. The Balaban J connectivity index is 1.42. The molecule has 0 atom stereocenters. The number of benzene rings is 3. The van der Waals surface area contributed by atoms with E-state index in [2.05, 4.69) is 65.1 Å². The summed E-state index contributed by atoms with van der Waals surface area (Å²) in [5.74, 6) is 0.696. The predicted octanol–water partition coefficient (Wildman–Crippen LogP) is 8.72. The van der Waals surface area contributed by atoms with Crippen molar-refractivity contribution in [3.8, 4) is 22.7 Å². The molecule has 8 nitrogen and oxygen atoms in total. The van der Waals surface area contributed by atoms with Gasteiger partial charge in [-0.2, -0.15) is 5.10 Å². The molecule has 8 heteroatoms. The first kappa shape index (κ1) is 33.4. The lowest BCUT2D eigenvalue weighted by atomic mass is 9.76. The minimum atomic E-state index is -0.437. The summed E-state index contributed by atoms with van der Waals surface area (Å²) in [4.78, 5) is 24.1. The predicted molar refractivity (Wildman–Crippen MR) is 181 cm³/mol. The number of non-ortho nitro benzene ring substituents is 1. The summed E-state index contributed by atoms with van der Waals surface area (Å²) in [5, 5.41) is 18.8. The molecule has 0 aliphatic heterocycles. The number of carbonyl (C=O) groups excluding carboxylic acids is 1. The summed E-state index contributed by atoms with van der Waals surface area (Å²) in [6, 6.07) is 22.3. The molecule has 4 aromatic rings. The van der Waals surface area contributed by atoms with Crippen LogP contribution in [0.5, 0.6) is 5.75 Å². The maximum atomic E-state index is 13.4. The van der Waals surface area contributed by atoms with Crippen LogP contribution in [-0.2, 0) is 10.8 Å². The van der Waals surface area contributed by atoms with Crippen LogP contribution in [0.25, 0.3) is 16.9 Å². The average molecular weight is 611 g/mol. The van der Waals surface area contributed by atoms with E-state index in [1.807, 2.05) is 31.2 Å². The van der Waals surface area contributed by atoms with Gasteiger partial charge >= 0.3 is 0 Å². The fraction of sp³-hybridized carbons (Fsp3) is 0.405. The fourth-order valence-electron chi connectivity index (χ4n) is 5.10. The van der Waals surface area contributed by atoms with Gasteiger partial charge in [-0.15, -0.1) is 0 Å². The van der Waals surface area contributed by atoms with E-state index < -0.39 is 4.92 Å². The number of aryl methyl sites for hydroxylation is 1. The van der Waals surface area contributed by atoms with E-state index in [-0.39, 0.29) is 22.4 Å². The monoisotopic (exact) mass is 610 g/mol. The second-order valence-corrected chi connectivity index (χ2v) is 13.0. The third kappa shape index (κ3) is 7.98. The van der Waals surface area contributed by atoms with E-state index in [4.69, 9.17) is 9.84 Å². The lowest BCUT2D eigenvalue weighted by Crippen LogP contribution is -2.27. The van der Waals surface area contributed by atoms with Crippen molar-refractivity contribution in [2.75, 3.05) is 13.2 Å². The van der Waals surface area contributed by atoms with Crippen LogP contribution in [0.2, 0.25) is 0 Å². The normalized spacial score (nSPS) is 11.8. The van der Waals surface area contributed by atoms with Crippen LogP contribution in [0.15, 0.2) is 72.8 Å². The zero-order valence-corrected chi connectivity index (χ0v) is 27.6. The maximum absolute atomic E-state index is 13.4. The highest BCUT2D eigenvalue weighted by atomic mass is 16.6. The zero-order chi connectivity index (χ0) is 32.8. The molecule has 0 saturated heterocycles. The number of hydrogen-bond donors (Lipinski definition) is 1. The molecule has 1 amide bonds. The standard InChI is InChI=1S/C37H46N4O4/c1-8-36(4,5)28-17-20-34(31(24-28)37(6,7)9-2)45-22-11-10-21-38-35(42)33-25-32(27-15-18-29(19-16-27)41(43)44)39-40(33)30-14-12-13-26(3)23-30/h12-20,23-25H,8-11,21-22H2,1-7H3,(H,38,42). The first-order valence-electron chi connectivity index (χ1n) is 15.8. The van der Waals surface area contributed by atoms with Crippen LogP contribution >= 0.6 is 0 Å². The van der Waals surface area contributed by atoms with Crippen molar-refractivity contribution < 1.29 is 14.5 Å². The minimum absolute atomic E-state index is 0.00145. The SMILES string of the molecule is CCC(C)(C)c1ccc(OCCCCNC(=O)c2cc(-c3ccc([N+](=O)[O-])cc3)nn2-c2cccc(C)c2)c(C(C)(C)CC)c1. The molecule has 0 fully saturated rings. The summed E-state index contributed by atoms with van der Waals surface area (Å²) < 4.78 is 7.94. The molecule has 3 aromatic carbocycles. The number of amides is 1. The largest absolute Gasteiger partial charge is 0.493 e. The molecule has 1 N–H and O–H groups in total. The lowest BCUT2D eigenvalue weighted by molar-refractivity contribution is -0.384. The highest BCUT2D eigenvalue weighted by molar-refractivity contribution is 5.94. The topological polar surface area (TPSA) is 99.3 Å². The number of ether oxygens (including phenoxy) is 1. The second kappa shape index (κ2) is 14.1. The highest BCUT2D eigenvalue weighted by Gasteiger charge is 2.26. The number of hydrogen-bond acceptors (Lipinski definition) is 5. The molecule has 1 aromatic heterocycles. The van der Waals surface area contributed by atoms with Gasteiger partial charge < -0.3 is 10.1 Å². The number of nitro benzene ring substituents is 1. The summed E-state index contributed by atoms with van der Waals surface area (Å²) in [5.41, 5.74) is 6.13. The van der Waals surface area contributed by atoms with Crippen molar-refractivity contribution in [3.05, 3.63) is 105 Å². The molecule has 0 unspecified atom stereocenters. The van der Waals surface area contributed by atoms with Crippen molar-refractivity contribution in [1.29, 1.82) is 0 Å². The van der Waals surface area contributed by atoms with E-state index in [1.165, 1.54) is 23.3 Å². The van der Waals surface area contributed by atoms with Gasteiger partial charge in [-0.25, -0.2) is 4.68 Å². The number of unbranched alkanes of at least 4 members (excludes halogenated alkanes) is 1. The molecule has 0 aliphatic carbocycles. The Hall–Kier alpha value is -4.46. The maximum Gasteiger partial charge on any atom is 0.270 e. The average Bonchev–Trinajstić information content (AvgIpc) is 3.48. The van der Waals surface area contributed by atoms with E-state index in [0.29, 0.717) is 30.1 Å². The van der Waals surface area contributed by atoms with Crippen molar-refractivity contribution >= 4 is 11.6 Å². The van der Waals surface area contributed by atoms with Gasteiger partial charge in [0.1, 0.15) is 11.4 Å². The van der Waals surface area contributed by atoms with Gasteiger partial charge in [0.25, 0.3) is 11.6 Å². The highest BCUT2D eigenvalue weighted by Crippen LogP contribution is 2.38. The van der Waals surface area contributed by atoms with Crippen LogP contribution in [0, 0.1) is 17.0 Å². The third-order valence-corrected chi connectivity index (χ3v) is 8.93. The molecule has 0 saturated carbocycles. The Bertz CT molecular complexity index is 1640. The lowest BCUT2D eigenvalue weighted by Gasteiger charge is -2.30. The van der Waals surface area contributed by atoms with Crippen LogP contribution in [0.3, 0.4) is 0 Å². The van der Waals surface area contributed by atoms with Gasteiger partial charge in [-0.3, -0.25) is 14.9 Å². The Kier molecular flexibility index (Phi) is 10.5. The van der Waals surface area contributed by atoms with Gasteiger partial charge in [0.15, 0.2) is 0 Å². The molecule has 238 valence electrons. The van der Waals surface area contributed by atoms with Crippen LogP contribution in [0.4, 0.5) is 5.69 Å². The van der Waals surface area contributed by atoms with Gasteiger partial charge in [0.05, 0.1) is 22.9 Å². The van der Waals surface area contributed by atoms with Crippen molar-refractivity contribution in [2.24, 2.45) is 0 Å². The Morgan fingerprint density at radius 1 is 0.933 bits per heavy atom. The van der Waals surface area contributed by atoms with E-state index in [0.717, 1.165) is 42.7 Å². The van der Waals surface area contributed by atoms with Gasteiger partial charge in [-0.05, 0) is 91.0 Å². The summed E-state index contributed by atoms with van der Waals surface area (Å²) in [6.45, 7) is 16.6. The molecule has 0 spiro atoms. The van der Waals surface area contributed by atoms with Crippen molar-refractivity contribution in [2.45, 2.75) is 85.0 Å². The smallest absolute Gasteiger partial charge is 0.270 e. The Labute approximate surface area is 267 Å². The molecule has 0 aliphatic rings. The number of nitro groups is 1. The quantitative estimate of drug-likeness (QED) is 0.0874. The number of nitrogens with zero attached hydrogens (tertiary/aromatic N) is 3. The Morgan fingerprint density at radius 3 is 2.29 bits per heavy atom. The van der Waals surface area contributed by atoms with E-state index in [1.54, 1.807) is 22.9 Å². The first-order valence-corrected chi connectivity index (χ1v) is 15.8. The molecule has 0 bridgehead atoms. The van der Waals surface area contributed by atoms with Gasteiger partial charge in [0.2, 0.25) is 0 Å². The first-order chi connectivity index (χ1) is 21.4. The number of rotatable bonds is 14. The summed E-state index contributed by atoms with van der Waals surface area (Å²) in [6.07, 6.45) is 3.62. The van der Waals surface area contributed by atoms with Crippen molar-refractivity contribution in [1.82, 2.24) is 15.1 Å². The van der Waals surface area contributed by atoms with Crippen LogP contribution < -0.4 is 10.1 Å². The molecule has 1 heterocycles. The second-order valence-electron chi connectivity index (χ2n) is 13.0. The van der Waals surface area contributed by atoms with Crippen LogP contribution in [-0.4, -0.2) is 33.8 Å². The summed E-state index contributed by atoms with van der Waals surface area (Å²) >= 11 is 0. The molecular formula is C37H46N4O4. The molecule has 4 rings (SSSR count). The number of carbonyl (C=O) groups is 1. The van der Waals surface area contributed by atoms with Crippen LogP contribution in [0.1, 0.15) is 94.4 Å². The zero-order valence-electron chi connectivity index (χ0n) is 27.6. The Morgan fingerprint density at radius 2 is 1.64 bits per heavy atom. The van der Waals surface area contributed by atoms with Gasteiger partial charge in [-0.1, -0.05) is 65.8 Å². The molecular weight excluding hydrogens is 564 g/mol. The summed E-state index contributed by atoms with van der Waals surface area (Å²) in [7, 11) is 0. The van der Waals surface area contributed by atoms with E-state index >= 15 is 0 Å². The molecule has 45 heavy (non-hydrogen) atoms. The third-order valence-electron chi connectivity index (χ3n) is 8.93. The fourth-order valence-corrected chi connectivity index (χ4v) is 5.10. The minimum Gasteiger partial charge on any atom is -0.493 e. The van der Waals surface area contributed by atoms with Crippen molar-refractivity contribution in [3.63, 3.8) is 0 Å². The van der Waals surface area contributed by atoms with E-state index in [9.17, 15) is 14.9 Å². The molecule has 0 radical (unpaired) electrons. The van der Waals surface area contributed by atoms with Gasteiger partial charge in [0, 0.05) is 29.8 Å².